The van der Waals surface area contributed by atoms with Gasteiger partial charge in [-0.3, -0.25) is 4.79 Å². The topological polar surface area (TPSA) is 54.9 Å². The highest BCUT2D eigenvalue weighted by Gasteiger charge is 2.60. The van der Waals surface area contributed by atoms with Gasteiger partial charge in [-0.2, -0.15) is 0 Å². The third-order valence-electron chi connectivity index (χ3n) is 4.91. The highest BCUT2D eigenvalue weighted by atomic mass is 16.2. The van der Waals surface area contributed by atoms with E-state index in [2.05, 4.69) is 49.1 Å². The van der Waals surface area contributed by atoms with Crippen molar-refractivity contribution in [2.75, 3.05) is 5.32 Å². The molecule has 1 heterocycles. The zero-order valence-electron chi connectivity index (χ0n) is 15.5. The molecule has 0 radical (unpaired) electrons. The molecule has 2 aromatic rings. The zero-order chi connectivity index (χ0) is 18.2. The number of allylic oxidation sites excluding steroid dienone is 2. The fraction of sp³-hybridized carbons (Fsp3) is 0.381. The molecule has 1 aromatic carbocycles. The number of amides is 1. The van der Waals surface area contributed by atoms with Crippen molar-refractivity contribution in [1.29, 1.82) is 0 Å². The van der Waals surface area contributed by atoms with E-state index in [1.54, 1.807) is 6.20 Å². The van der Waals surface area contributed by atoms with Crippen LogP contribution in [-0.2, 0) is 4.79 Å². The molecule has 130 valence electrons. The van der Waals surface area contributed by atoms with Crippen LogP contribution in [0.3, 0.4) is 0 Å². The Kier molecular flexibility index (Phi) is 4.46. The van der Waals surface area contributed by atoms with Crippen molar-refractivity contribution in [2.24, 2.45) is 17.3 Å². The predicted octanol–water partition coefficient (Wildman–Crippen LogP) is 4.63. The zero-order valence-corrected chi connectivity index (χ0v) is 15.5. The molecule has 25 heavy (non-hydrogen) atoms. The Morgan fingerprint density at radius 3 is 2.44 bits per heavy atom. The second-order valence-corrected chi connectivity index (χ2v) is 7.66. The van der Waals surface area contributed by atoms with E-state index in [9.17, 15) is 4.79 Å². The minimum atomic E-state index is 0.0245. The van der Waals surface area contributed by atoms with Gasteiger partial charge in [-0.05, 0) is 62.4 Å². The van der Waals surface area contributed by atoms with Crippen molar-refractivity contribution in [2.45, 2.75) is 34.6 Å². The molecule has 0 spiro atoms. The van der Waals surface area contributed by atoms with Crippen molar-refractivity contribution in [3.05, 3.63) is 53.9 Å². The fourth-order valence-electron chi connectivity index (χ4n) is 3.36. The average molecular weight is 335 g/mol. The van der Waals surface area contributed by atoms with Crippen LogP contribution in [0.1, 0.15) is 33.4 Å². The first kappa shape index (κ1) is 17.3. The van der Waals surface area contributed by atoms with Crippen molar-refractivity contribution in [3.8, 4) is 11.4 Å². The molecule has 4 nitrogen and oxygen atoms in total. The molecule has 1 amide bonds. The Morgan fingerprint density at radius 1 is 1.16 bits per heavy atom. The molecule has 0 unspecified atom stereocenters. The summed E-state index contributed by atoms with van der Waals surface area (Å²) in [5, 5.41) is 3.04. The van der Waals surface area contributed by atoms with Crippen LogP contribution < -0.4 is 5.32 Å². The van der Waals surface area contributed by atoms with E-state index in [-0.39, 0.29) is 17.2 Å². The molecule has 1 aliphatic carbocycles. The molecule has 0 aliphatic heterocycles. The van der Waals surface area contributed by atoms with Gasteiger partial charge in [-0.15, -0.1) is 0 Å². The molecule has 0 saturated heterocycles. The number of carbonyl (C=O) groups excluding carboxylic acids is 1. The number of anilines is 1. The normalized spacial score (nSPS) is 20.7. The Balaban J connectivity index is 1.70. The van der Waals surface area contributed by atoms with Gasteiger partial charge in [0.05, 0.1) is 5.92 Å². The predicted molar refractivity (Wildman–Crippen MR) is 101 cm³/mol. The van der Waals surface area contributed by atoms with Crippen LogP contribution in [0.5, 0.6) is 0 Å². The fourth-order valence-corrected chi connectivity index (χ4v) is 3.36. The Morgan fingerprint density at radius 2 is 1.84 bits per heavy atom. The second-order valence-electron chi connectivity index (χ2n) is 7.66. The highest BCUT2D eigenvalue weighted by Crippen LogP contribution is 2.59. The number of rotatable bonds is 4. The molecule has 2 atom stereocenters. The van der Waals surface area contributed by atoms with Gasteiger partial charge >= 0.3 is 0 Å². The summed E-state index contributed by atoms with van der Waals surface area (Å²) in [6.45, 7) is 10.4. The molecule has 1 aliphatic rings. The van der Waals surface area contributed by atoms with Crippen LogP contribution in [0.25, 0.3) is 11.4 Å². The Labute approximate surface area is 149 Å². The molecule has 4 heteroatoms. The number of nitrogens with zero attached hydrogens (tertiary/aromatic N) is 2. The minimum absolute atomic E-state index is 0.0245. The van der Waals surface area contributed by atoms with Crippen molar-refractivity contribution >= 4 is 11.6 Å². The van der Waals surface area contributed by atoms with Gasteiger partial charge in [-0.1, -0.05) is 25.5 Å². The number of hydrogen-bond donors (Lipinski definition) is 1. The molecule has 1 fully saturated rings. The van der Waals surface area contributed by atoms with Gasteiger partial charge in [0, 0.05) is 23.1 Å². The van der Waals surface area contributed by atoms with Gasteiger partial charge < -0.3 is 5.32 Å². The minimum Gasteiger partial charge on any atom is -0.326 e. The van der Waals surface area contributed by atoms with Crippen LogP contribution >= 0.6 is 0 Å². The molecule has 1 aromatic heterocycles. The first-order valence-electron chi connectivity index (χ1n) is 8.65. The van der Waals surface area contributed by atoms with Crippen molar-refractivity contribution < 1.29 is 4.79 Å². The smallest absolute Gasteiger partial charge is 0.228 e. The maximum Gasteiger partial charge on any atom is 0.228 e. The summed E-state index contributed by atoms with van der Waals surface area (Å²) < 4.78 is 0. The van der Waals surface area contributed by atoms with E-state index in [1.807, 2.05) is 37.3 Å². The summed E-state index contributed by atoms with van der Waals surface area (Å²) in [7, 11) is 0. The third-order valence-corrected chi connectivity index (χ3v) is 4.91. The lowest BCUT2D eigenvalue weighted by molar-refractivity contribution is -0.118. The second kappa shape index (κ2) is 6.43. The third kappa shape index (κ3) is 3.63. The number of aryl methyl sites for hydroxylation is 1. The lowest BCUT2D eigenvalue weighted by Crippen LogP contribution is -2.16. The van der Waals surface area contributed by atoms with E-state index in [0.717, 1.165) is 16.9 Å². The molecule has 1 saturated carbocycles. The van der Waals surface area contributed by atoms with E-state index in [1.165, 1.54) is 5.57 Å². The van der Waals surface area contributed by atoms with Crippen molar-refractivity contribution in [1.82, 2.24) is 9.97 Å². The molecule has 3 rings (SSSR count). The van der Waals surface area contributed by atoms with E-state index in [4.69, 9.17) is 0 Å². The maximum atomic E-state index is 12.6. The van der Waals surface area contributed by atoms with Crippen LogP contribution in [0.15, 0.2) is 48.2 Å². The van der Waals surface area contributed by atoms with Gasteiger partial charge in [-0.25, -0.2) is 9.97 Å². The van der Waals surface area contributed by atoms with E-state index in [0.29, 0.717) is 11.7 Å². The average Bonchev–Trinajstić information content (AvgIpc) is 3.08. The largest absolute Gasteiger partial charge is 0.326 e. The van der Waals surface area contributed by atoms with E-state index >= 15 is 0 Å². The van der Waals surface area contributed by atoms with Crippen LogP contribution in [0, 0.1) is 24.2 Å². The van der Waals surface area contributed by atoms with Crippen LogP contribution in [0.4, 0.5) is 5.69 Å². The summed E-state index contributed by atoms with van der Waals surface area (Å²) in [5.74, 6) is 1.14. The number of aromatic nitrogens is 2. The summed E-state index contributed by atoms with van der Waals surface area (Å²) in [6.07, 6.45) is 3.97. The maximum absolute atomic E-state index is 12.6. The summed E-state index contributed by atoms with van der Waals surface area (Å²) in [4.78, 5) is 21.3. The Bertz CT molecular complexity index is 817. The summed E-state index contributed by atoms with van der Waals surface area (Å²) in [6, 6.07) is 9.57. The van der Waals surface area contributed by atoms with Crippen LogP contribution in [-0.4, -0.2) is 15.9 Å². The van der Waals surface area contributed by atoms with Gasteiger partial charge in [0.1, 0.15) is 0 Å². The first-order chi connectivity index (χ1) is 11.8. The van der Waals surface area contributed by atoms with Gasteiger partial charge in [0.15, 0.2) is 5.82 Å². The number of carbonyl (C=O) groups is 1. The highest BCUT2D eigenvalue weighted by molar-refractivity contribution is 5.96. The number of nitrogens with one attached hydrogen (secondary N) is 1. The molecule has 0 bridgehead atoms. The first-order valence-corrected chi connectivity index (χ1v) is 8.65. The summed E-state index contributed by atoms with van der Waals surface area (Å²) >= 11 is 0. The van der Waals surface area contributed by atoms with Gasteiger partial charge in [0.25, 0.3) is 0 Å². The van der Waals surface area contributed by atoms with Gasteiger partial charge in [0.2, 0.25) is 5.91 Å². The quantitative estimate of drug-likeness (QED) is 0.829. The Hall–Kier alpha value is -2.49. The lowest BCUT2D eigenvalue weighted by Gasteiger charge is -2.07. The molecular formula is C21H25N3O. The lowest BCUT2D eigenvalue weighted by atomic mass is 10.1. The number of benzene rings is 1. The summed E-state index contributed by atoms with van der Waals surface area (Å²) in [5.41, 5.74) is 3.96. The van der Waals surface area contributed by atoms with E-state index < -0.39 is 0 Å². The monoisotopic (exact) mass is 335 g/mol. The van der Waals surface area contributed by atoms with Crippen molar-refractivity contribution in [3.63, 3.8) is 0 Å². The SMILES string of the molecule is CC(C)=C[C@@H]1[C@H](C(=O)Nc2ccc(-c3nccc(C)n3)cc2)C1(C)C. The van der Waals surface area contributed by atoms with Crippen LogP contribution in [0.2, 0.25) is 0 Å². The number of hydrogen-bond acceptors (Lipinski definition) is 3. The molecular weight excluding hydrogens is 310 g/mol. The molecule has 1 N–H and O–H groups in total. The standard InChI is InChI=1S/C21H25N3O/c1-13(2)12-17-18(21(17,4)5)20(25)24-16-8-6-15(7-9-16)19-22-11-10-14(3)23-19/h6-12,17-18H,1-5H3,(H,24,25)/t17-,18-/m1/s1.